The van der Waals surface area contributed by atoms with Gasteiger partial charge in [0, 0.05) is 12.3 Å². The van der Waals surface area contributed by atoms with Crippen molar-refractivity contribution in [3.63, 3.8) is 0 Å². The van der Waals surface area contributed by atoms with Crippen LogP contribution in [0.4, 0.5) is 0 Å². The predicted octanol–water partition coefficient (Wildman–Crippen LogP) is 3.15. The maximum Gasteiger partial charge on any atom is 0.355 e. The summed E-state index contributed by atoms with van der Waals surface area (Å²) in [6, 6.07) is 18.8. The first-order chi connectivity index (χ1) is 10.3. The molecule has 108 valence electrons. The average molecular weight is 282 g/mol. The molecule has 0 aliphatic carbocycles. The predicted molar refractivity (Wildman–Crippen MR) is 83.2 cm³/mol. The zero-order valence-electron chi connectivity index (χ0n) is 12.0. The van der Waals surface area contributed by atoms with Gasteiger partial charge in [-0.1, -0.05) is 49.4 Å². The molecule has 0 saturated carbocycles. The molecule has 0 aliphatic rings. The van der Waals surface area contributed by atoms with Crippen LogP contribution in [-0.2, 0) is 0 Å². The fraction of sp³-hybridized carbons (Fsp3) is 0.176. The van der Waals surface area contributed by atoms with Crippen molar-refractivity contribution < 1.29 is 4.74 Å². The minimum absolute atomic E-state index is 0.357. The summed E-state index contributed by atoms with van der Waals surface area (Å²) in [6.45, 7) is 2.56. The summed E-state index contributed by atoms with van der Waals surface area (Å²) < 4.78 is 6.85. The third-order valence-electron chi connectivity index (χ3n) is 2.71. The average Bonchev–Trinajstić information content (AvgIpc) is 2.51. The zero-order chi connectivity index (χ0) is 14.9. The van der Waals surface area contributed by atoms with Gasteiger partial charge in [-0.05, 0) is 18.6 Å². The fourth-order valence-corrected chi connectivity index (χ4v) is 1.72. The topological polar surface area (TPSA) is 44.1 Å². The summed E-state index contributed by atoms with van der Waals surface area (Å²) in [7, 11) is 0. The Morgan fingerprint density at radius 2 is 1.62 bits per heavy atom. The smallest absolute Gasteiger partial charge is 0.355 e. The molecule has 2 aromatic rings. The van der Waals surface area contributed by atoms with Crippen LogP contribution in [0.5, 0.6) is 5.88 Å². The molecule has 21 heavy (non-hydrogen) atoms. The number of nitrogens with zero attached hydrogens (tertiary/aromatic N) is 2. The third kappa shape index (κ3) is 4.45. The van der Waals surface area contributed by atoms with Crippen molar-refractivity contribution in [3.8, 4) is 11.6 Å². The molecule has 0 fully saturated rings. The summed E-state index contributed by atoms with van der Waals surface area (Å²) in [5, 5.41) is 0. The van der Waals surface area contributed by atoms with Crippen molar-refractivity contribution in [1.29, 1.82) is 0 Å². The molecule has 0 atom stereocenters. The molecular formula is C17H18N2O2. The monoisotopic (exact) mass is 282 g/mol. The van der Waals surface area contributed by atoms with Gasteiger partial charge in [0.2, 0.25) is 5.88 Å². The van der Waals surface area contributed by atoms with E-state index in [1.165, 1.54) is 4.57 Å². The molecule has 0 amide bonds. The van der Waals surface area contributed by atoms with Crippen LogP contribution in [-0.4, -0.2) is 16.2 Å². The number of rotatable bonds is 4. The third-order valence-corrected chi connectivity index (χ3v) is 2.71. The Balaban J connectivity index is 2.40. The van der Waals surface area contributed by atoms with E-state index in [4.69, 9.17) is 4.74 Å². The van der Waals surface area contributed by atoms with Gasteiger partial charge in [-0.2, -0.15) is 4.98 Å². The van der Waals surface area contributed by atoms with Gasteiger partial charge in [0.15, 0.2) is 0 Å². The van der Waals surface area contributed by atoms with Crippen LogP contribution >= 0.6 is 0 Å². The Morgan fingerprint density at radius 1 is 1.00 bits per heavy atom. The Labute approximate surface area is 124 Å². The van der Waals surface area contributed by atoms with Gasteiger partial charge in [0.25, 0.3) is 0 Å². The van der Waals surface area contributed by atoms with E-state index in [1.54, 1.807) is 12.3 Å². The number of hydrogen-bond acceptors (Lipinski definition) is 3. The van der Waals surface area contributed by atoms with Gasteiger partial charge in [-0.3, -0.25) is 4.57 Å². The van der Waals surface area contributed by atoms with Gasteiger partial charge in [-0.25, -0.2) is 4.79 Å². The molecule has 0 unspecified atom stereocenters. The molecule has 0 saturated heterocycles. The molecule has 0 spiro atoms. The van der Waals surface area contributed by atoms with Crippen molar-refractivity contribution in [2.45, 2.75) is 13.3 Å². The second-order valence-electron chi connectivity index (χ2n) is 4.37. The Bertz CT molecular complexity index is 669. The molecule has 1 aromatic carbocycles. The summed E-state index contributed by atoms with van der Waals surface area (Å²) in [5.74, 6) is 0.362. The number of hydrogen-bond donors (Lipinski definition) is 0. The quantitative estimate of drug-likeness (QED) is 0.865. The van der Waals surface area contributed by atoms with Crippen LogP contribution in [0.25, 0.3) is 5.69 Å². The minimum atomic E-state index is -0.357. The lowest BCUT2D eigenvalue weighted by Crippen LogP contribution is -2.21. The van der Waals surface area contributed by atoms with Crippen molar-refractivity contribution >= 4 is 0 Å². The van der Waals surface area contributed by atoms with E-state index in [1.807, 2.05) is 61.5 Å². The van der Waals surface area contributed by atoms with Gasteiger partial charge < -0.3 is 4.74 Å². The molecule has 0 N–H and O–H groups in total. The standard InChI is InChI=1S/C17H18N2O2/c1-2-14-21-16-12-13-19(17(20)18-16)15-10-8-6-4-3-5-7-9-11-15/h3-13H,2,14H2,1H3. The minimum Gasteiger partial charge on any atom is -0.478 e. The highest BCUT2D eigenvalue weighted by molar-refractivity contribution is 5.29. The first-order valence-electron chi connectivity index (χ1n) is 6.92. The van der Waals surface area contributed by atoms with E-state index >= 15 is 0 Å². The van der Waals surface area contributed by atoms with Crippen molar-refractivity contribution in [2.75, 3.05) is 6.61 Å². The van der Waals surface area contributed by atoms with Crippen LogP contribution in [0, 0.1) is 0 Å². The van der Waals surface area contributed by atoms with Crippen molar-refractivity contribution in [3.05, 3.63) is 77.3 Å². The zero-order valence-corrected chi connectivity index (χ0v) is 12.0. The molecule has 1 heterocycles. The molecule has 1 aromatic heterocycles. The first kappa shape index (κ1) is 14.8. The molecule has 0 bridgehead atoms. The lowest BCUT2D eigenvalue weighted by molar-refractivity contribution is 0.303. The molecular weight excluding hydrogens is 264 g/mol. The van der Waals surface area contributed by atoms with Gasteiger partial charge in [0.05, 0.1) is 12.3 Å². The summed E-state index contributed by atoms with van der Waals surface area (Å²) in [4.78, 5) is 16.0. The van der Waals surface area contributed by atoms with Crippen molar-refractivity contribution in [2.24, 2.45) is 0 Å². The largest absolute Gasteiger partial charge is 0.478 e. The van der Waals surface area contributed by atoms with Crippen LogP contribution in [0.1, 0.15) is 13.3 Å². The van der Waals surface area contributed by atoms with Crippen LogP contribution in [0.15, 0.2) is 71.7 Å². The van der Waals surface area contributed by atoms with Crippen LogP contribution in [0.2, 0.25) is 0 Å². The van der Waals surface area contributed by atoms with E-state index in [0.29, 0.717) is 12.5 Å². The molecule has 2 rings (SSSR count). The van der Waals surface area contributed by atoms with Gasteiger partial charge >= 0.3 is 5.69 Å². The van der Waals surface area contributed by atoms with E-state index < -0.39 is 0 Å². The maximum absolute atomic E-state index is 12.1. The van der Waals surface area contributed by atoms with E-state index in [-0.39, 0.29) is 5.69 Å². The highest BCUT2D eigenvalue weighted by Crippen LogP contribution is 2.06. The second-order valence-corrected chi connectivity index (χ2v) is 4.37. The van der Waals surface area contributed by atoms with Crippen LogP contribution < -0.4 is 10.4 Å². The molecule has 0 aliphatic heterocycles. The van der Waals surface area contributed by atoms with Gasteiger partial charge in [0.1, 0.15) is 0 Å². The summed E-state index contributed by atoms with van der Waals surface area (Å²) in [6.07, 6.45) is 2.55. The number of ether oxygens (including phenoxy) is 1. The lowest BCUT2D eigenvalue weighted by atomic mass is 10.3. The summed E-state index contributed by atoms with van der Waals surface area (Å²) >= 11 is 0. The lowest BCUT2D eigenvalue weighted by Gasteiger charge is -2.06. The van der Waals surface area contributed by atoms with E-state index in [9.17, 15) is 4.79 Å². The Kier molecular flexibility index (Phi) is 5.52. The van der Waals surface area contributed by atoms with Crippen LogP contribution in [0.3, 0.4) is 0 Å². The Morgan fingerprint density at radius 3 is 2.19 bits per heavy atom. The molecule has 0 radical (unpaired) electrons. The van der Waals surface area contributed by atoms with E-state index in [0.717, 1.165) is 12.1 Å². The normalized spacial score (nSPS) is 9.76. The van der Waals surface area contributed by atoms with Gasteiger partial charge in [-0.15, -0.1) is 0 Å². The van der Waals surface area contributed by atoms with Crippen molar-refractivity contribution in [1.82, 2.24) is 9.55 Å². The summed E-state index contributed by atoms with van der Waals surface area (Å²) in [5.41, 5.74) is 0.384. The highest BCUT2D eigenvalue weighted by Gasteiger charge is 2.01. The Hall–Kier alpha value is -2.62. The SMILES string of the molecule is CCCOc1ccn(-c2ccccccccc2)c(=O)n1. The molecule has 4 nitrogen and oxygen atoms in total. The highest BCUT2D eigenvalue weighted by atomic mass is 16.5. The first-order valence-corrected chi connectivity index (χ1v) is 6.92. The fourth-order valence-electron chi connectivity index (χ4n) is 1.72. The molecule has 4 heteroatoms. The number of aromatic nitrogens is 2. The second kappa shape index (κ2) is 7.85. The van der Waals surface area contributed by atoms with E-state index in [2.05, 4.69) is 4.98 Å². The maximum atomic E-state index is 12.1.